The summed E-state index contributed by atoms with van der Waals surface area (Å²) in [6, 6.07) is 3.82. The number of benzene rings is 1. The number of rotatable bonds is 9. The number of amides is 1. The first-order valence-corrected chi connectivity index (χ1v) is 13.4. The summed E-state index contributed by atoms with van der Waals surface area (Å²) < 4.78 is 7.57. The van der Waals surface area contributed by atoms with Crippen molar-refractivity contribution in [2.45, 2.75) is 26.3 Å². The van der Waals surface area contributed by atoms with Crippen LogP contribution in [-0.4, -0.2) is 88.9 Å². The lowest BCUT2D eigenvalue weighted by Gasteiger charge is -2.29. The molecule has 0 radical (unpaired) electrons. The Morgan fingerprint density at radius 1 is 1.10 bits per heavy atom. The summed E-state index contributed by atoms with van der Waals surface area (Å²) in [6.07, 6.45) is 9.25. The minimum Gasteiger partial charge on any atom is -0.494 e. The van der Waals surface area contributed by atoms with Crippen molar-refractivity contribution in [1.29, 1.82) is 0 Å². The van der Waals surface area contributed by atoms with Crippen LogP contribution in [0.3, 0.4) is 0 Å². The van der Waals surface area contributed by atoms with E-state index in [0.29, 0.717) is 28.9 Å². The summed E-state index contributed by atoms with van der Waals surface area (Å²) in [5, 5.41) is 10.8. The zero-order valence-electron chi connectivity index (χ0n) is 23.0. The number of anilines is 4. The minimum absolute atomic E-state index is 0.277. The minimum atomic E-state index is -0.277. The number of nitrogens with zero attached hydrogens (tertiary/aromatic N) is 7. The lowest BCUT2D eigenvalue weighted by atomic mass is 10.1. The maximum atomic E-state index is 12.3. The van der Waals surface area contributed by atoms with Crippen molar-refractivity contribution in [1.82, 2.24) is 29.5 Å². The zero-order valence-corrected chi connectivity index (χ0v) is 23.0. The van der Waals surface area contributed by atoms with E-state index < -0.39 is 0 Å². The molecule has 0 spiro atoms. The summed E-state index contributed by atoms with van der Waals surface area (Å²) in [4.78, 5) is 28.6. The topological polar surface area (TPSA) is 104 Å². The molecule has 3 aromatic rings. The summed E-state index contributed by atoms with van der Waals surface area (Å²) in [7, 11) is 3.76. The Kier molecular flexibility index (Phi) is 8.08. The molecule has 2 aliphatic rings. The van der Waals surface area contributed by atoms with Crippen LogP contribution in [0, 0.1) is 6.92 Å². The van der Waals surface area contributed by atoms with Gasteiger partial charge in [0.15, 0.2) is 5.82 Å². The fourth-order valence-corrected chi connectivity index (χ4v) is 4.87. The van der Waals surface area contributed by atoms with E-state index in [1.165, 1.54) is 12.5 Å². The van der Waals surface area contributed by atoms with E-state index in [9.17, 15) is 4.79 Å². The van der Waals surface area contributed by atoms with E-state index in [4.69, 9.17) is 9.72 Å². The fourth-order valence-electron chi connectivity index (χ4n) is 4.87. The second kappa shape index (κ2) is 11.8. The van der Waals surface area contributed by atoms with Gasteiger partial charge < -0.3 is 25.2 Å². The average Bonchev–Trinajstić information content (AvgIpc) is 3.27. The van der Waals surface area contributed by atoms with Gasteiger partial charge in [-0.2, -0.15) is 10.1 Å². The van der Waals surface area contributed by atoms with Crippen molar-refractivity contribution in [2.75, 3.05) is 69.0 Å². The number of carbonyl (C=O) groups excluding carboxylic acids is 1. The number of likely N-dealkylation sites (tertiary alicyclic amines) is 1. The zero-order chi connectivity index (χ0) is 27.4. The third kappa shape index (κ3) is 6.21. The van der Waals surface area contributed by atoms with Crippen LogP contribution >= 0.6 is 0 Å². The molecule has 1 amide bonds. The second-order valence-corrected chi connectivity index (χ2v) is 10.2. The van der Waals surface area contributed by atoms with E-state index in [2.05, 4.69) is 49.0 Å². The number of aryl methyl sites for hydroxylation is 1. The van der Waals surface area contributed by atoms with Crippen LogP contribution < -0.4 is 20.3 Å². The summed E-state index contributed by atoms with van der Waals surface area (Å²) in [5.41, 5.74) is 4.28. The van der Waals surface area contributed by atoms with Crippen LogP contribution in [-0.2, 0) is 11.3 Å². The maximum Gasteiger partial charge on any atom is 0.247 e. The second-order valence-electron chi connectivity index (χ2n) is 10.2. The van der Waals surface area contributed by atoms with Crippen LogP contribution in [0.2, 0.25) is 0 Å². The predicted octanol–water partition coefficient (Wildman–Crippen LogP) is 3.20. The average molecular weight is 532 g/mol. The molecule has 2 fully saturated rings. The molecule has 2 N–H and O–H groups in total. The van der Waals surface area contributed by atoms with E-state index in [1.807, 2.05) is 31.5 Å². The van der Waals surface area contributed by atoms with E-state index in [0.717, 1.165) is 69.0 Å². The Morgan fingerprint density at radius 2 is 1.92 bits per heavy atom. The smallest absolute Gasteiger partial charge is 0.247 e. The number of ether oxygens (including phenoxy) is 1. The largest absolute Gasteiger partial charge is 0.494 e. The lowest BCUT2D eigenvalue weighted by molar-refractivity contribution is -0.111. The number of likely N-dealkylation sites (N-methyl/N-ethyl adjacent to an activating group) is 1. The van der Waals surface area contributed by atoms with Crippen LogP contribution in [0.5, 0.6) is 5.75 Å². The van der Waals surface area contributed by atoms with Crippen LogP contribution in [0.15, 0.2) is 43.4 Å². The highest BCUT2D eigenvalue weighted by atomic mass is 16.5. The van der Waals surface area contributed by atoms with E-state index >= 15 is 0 Å². The number of hydrogen-bond donors (Lipinski definition) is 2. The quantitative estimate of drug-likeness (QED) is 0.403. The lowest BCUT2D eigenvalue weighted by Crippen LogP contribution is -2.36. The number of aromatic nitrogens is 4. The predicted molar refractivity (Wildman–Crippen MR) is 153 cm³/mol. The fraction of sp³-hybridized carbons (Fsp3) is 0.429. The molecule has 2 aromatic heterocycles. The standard InChI is InChI=1S/C28H37N9O2/c1-5-26(38)31-22-14-23(25(39-4)15-24(22)36-11-6-8-34(3)12-13-36)32-28-29-16-20(2)27(33-28)37-19-21(17-30-37)18-35-9-7-10-35/h5,14-17,19H,1,6-13,18H2,2-4H3,(H,31,38)(H,29,32,33). The van der Waals surface area contributed by atoms with Gasteiger partial charge in [-0.3, -0.25) is 9.69 Å². The van der Waals surface area contributed by atoms with Crippen molar-refractivity contribution < 1.29 is 9.53 Å². The van der Waals surface area contributed by atoms with Gasteiger partial charge in [0.25, 0.3) is 0 Å². The molecule has 0 aliphatic carbocycles. The molecular weight excluding hydrogens is 494 g/mol. The van der Waals surface area contributed by atoms with Crippen LogP contribution in [0.4, 0.5) is 23.0 Å². The monoisotopic (exact) mass is 531 g/mol. The first-order chi connectivity index (χ1) is 18.9. The molecule has 39 heavy (non-hydrogen) atoms. The van der Waals surface area contributed by atoms with Gasteiger partial charge in [-0.1, -0.05) is 6.58 Å². The number of carbonyl (C=O) groups is 1. The first-order valence-electron chi connectivity index (χ1n) is 13.4. The van der Waals surface area contributed by atoms with Crippen LogP contribution in [0.25, 0.3) is 5.82 Å². The highest BCUT2D eigenvalue weighted by Crippen LogP contribution is 2.38. The Balaban J connectivity index is 1.44. The van der Waals surface area contributed by atoms with Gasteiger partial charge in [-0.25, -0.2) is 9.67 Å². The van der Waals surface area contributed by atoms with Crippen molar-refractivity contribution >= 4 is 28.9 Å². The summed E-state index contributed by atoms with van der Waals surface area (Å²) in [5.74, 6) is 1.45. The third-order valence-electron chi connectivity index (χ3n) is 7.22. The summed E-state index contributed by atoms with van der Waals surface area (Å²) in [6.45, 7) is 12.4. The van der Waals surface area contributed by atoms with E-state index in [1.54, 1.807) is 18.0 Å². The maximum absolute atomic E-state index is 12.3. The number of nitrogens with one attached hydrogen (secondary N) is 2. The Morgan fingerprint density at radius 3 is 2.67 bits per heavy atom. The molecule has 0 saturated carbocycles. The molecule has 1 aromatic carbocycles. The number of methoxy groups -OCH3 is 1. The Labute approximate surface area is 229 Å². The SMILES string of the molecule is C=CC(=O)Nc1cc(Nc2ncc(C)c(-n3cc(CN4CCC4)cn3)n2)c(OC)cc1N1CCCN(C)CC1. The van der Waals surface area contributed by atoms with Gasteiger partial charge in [0.2, 0.25) is 11.9 Å². The van der Waals surface area contributed by atoms with Gasteiger partial charge in [0, 0.05) is 55.8 Å². The van der Waals surface area contributed by atoms with E-state index in [-0.39, 0.29) is 5.91 Å². The molecule has 0 bridgehead atoms. The van der Waals surface area contributed by atoms with Gasteiger partial charge in [-0.05, 0) is 58.6 Å². The van der Waals surface area contributed by atoms with Crippen molar-refractivity contribution in [3.05, 3.63) is 54.5 Å². The highest BCUT2D eigenvalue weighted by Gasteiger charge is 2.21. The Hall–Kier alpha value is -3.96. The molecule has 2 saturated heterocycles. The molecular formula is C28H37N9O2. The van der Waals surface area contributed by atoms with Gasteiger partial charge >= 0.3 is 0 Å². The van der Waals surface area contributed by atoms with Crippen molar-refractivity contribution in [3.8, 4) is 11.6 Å². The molecule has 5 rings (SSSR count). The van der Waals surface area contributed by atoms with Crippen molar-refractivity contribution in [3.63, 3.8) is 0 Å². The molecule has 4 heterocycles. The van der Waals surface area contributed by atoms with Crippen LogP contribution in [0.1, 0.15) is 24.0 Å². The molecule has 206 valence electrons. The molecule has 11 nitrogen and oxygen atoms in total. The first kappa shape index (κ1) is 26.6. The van der Waals surface area contributed by atoms with Gasteiger partial charge in [-0.15, -0.1) is 0 Å². The third-order valence-corrected chi connectivity index (χ3v) is 7.22. The van der Waals surface area contributed by atoms with Gasteiger partial charge in [0.1, 0.15) is 5.75 Å². The normalized spacial score (nSPS) is 16.3. The molecule has 11 heteroatoms. The number of hydrogen-bond acceptors (Lipinski definition) is 9. The van der Waals surface area contributed by atoms with Crippen molar-refractivity contribution in [2.24, 2.45) is 0 Å². The van der Waals surface area contributed by atoms with Gasteiger partial charge in [0.05, 0.1) is 30.4 Å². The molecule has 0 atom stereocenters. The molecule has 2 aliphatic heterocycles. The Bertz CT molecular complexity index is 1330. The molecule has 0 unspecified atom stereocenters. The highest BCUT2D eigenvalue weighted by molar-refractivity contribution is 6.02. The summed E-state index contributed by atoms with van der Waals surface area (Å²) >= 11 is 0.